The number of anilines is 1. The summed E-state index contributed by atoms with van der Waals surface area (Å²) in [6.07, 6.45) is -4.54. The van der Waals surface area contributed by atoms with Gasteiger partial charge in [0.25, 0.3) is 0 Å². The Hall–Kier alpha value is -2.43. The molecule has 0 aliphatic carbocycles. The zero-order valence-electron chi connectivity index (χ0n) is 14.3. The van der Waals surface area contributed by atoms with Crippen LogP contribution in [0.1, 0.15) is 38.3 Å². The van der Waals surface area contributed by atoms with E-state index in [1.807, 2.05) is 0 Å². The Kier molecular flexibility index (Phi) is 5.16. The van der Waals surface area contributed by atoms with E-state index in [2.05, 4.69) is 5.32 Å². The maximum Gasteiger partial charge on any atom is 0.417 e. The standard InChI is InChI=1S/C17H20F3N3O2/c1-16(2,3)25-15(24)22-12-6-7-23(10-12)13-5-4-11(9-21)14(8-13)17(18,19)20/h4-5,8,12H,6-7,10H2,1-3H3,(H,22,24)/t12-/m0/s1. The van der Waals surface area contributed by atoms with E-state index in [1.165, 1.54) is 12.1 Å². The number of carbonyl (C=O) groups excluding carboxylic acids is 1. The molecule has 2 rings (SSSR count). The van der Waals surface area contributed by atoms with E-state index in [9.17, 15) is 18.0 Å². The third-order valence-corrected chi connectivity index (χ3v) is 3.70. The molecule has 1 amide bonds. The number of hydrogen-bond donors (Lipinski definition) is 1. The van der Waals surface area contributed by atoms with Crippen molar-refractivity contribution >= 4 is 11.8 Å². The number of alkyl carbamates (subject to hydrolysis) is 1. The second kappa shape index (κ2) is 6.82. The van der Waals surface area contributed by atoms with Crippen LogP contribution in [0.2, 0.25) is 0 Å². The number of benzene rings is 1. The Morgan fingerprint density at radius 3 is 2.60 bits per heavy atom. The highest BCUT2D eigenvalue weighted by molar-refractivity contribution is 5.68. The fourth-order valence-electron chi connectivity index (χ4n) is 2.65. The molecule has 1 aromatic rings. The Labute approximate surface area is 144 Å². The number of ether oxygens (including phenoxy) is 1. The molecule has 0 bridgehead atoms. The summed E-state index contributed by atoms with van der Waals surface area (Å²) >= 11 is 0. The third-order valence-electron chi connectivity index (χ3n) is 3.70. The van der Waals surface area contributed by atoms with Gasteiger partial charge in [-0.2, -0.15) is 18.4 Å². The van der Waals surface area contributed by atoms with Gasteiger partial charge in [-0.3, -0.25) is 0 Å². The average molecular weight is 355 g/mol. The van der Waals surface area contributed by atoms with Gasteiger partial charge in [0, 0.05) is 18.8 Å². The Morgan fingerprint density at radius 2 is 2.04 bits per heavy atom. The molecule has 5 nitrogen and oxygen atoms in total. The third kappa shape index (κ3) is 5.02. The van der Waals surface area contributed by atoms with E-state index in [1.54, 1.807) is 31.7 Å². The fourth-order valence-corrected chi connectivity index (χ4v) is 2.65. The Balaban J connectivity index is 2.07. The molecule has 1 aliphatic rings. The molecule has 1 N–H and O–H groups in total. The minimum absolute atomic E-state index is 0.208. The van der Waals surface area contributed by atoms with Gasteiger partial charge in [0.15, 0.2) is 0 Å². The van der Waals surface area contributed by atoms with Gasteiger partial charge in [0.1, 0.15) is 5.60 Å². The van der Waals surface area contributed by atoms with Crippen molar-refractivity contribution in [2.75, 3.05) is 18.0 Å². The maximum atomic E-state index is 13.1. The van der Waals surface area contributed by atoms with Gasteiger partial charge in [0.2, 0.25) is 0 Å². The number of nitriles is 1. The lowest BCUT2D eigenvalue weighted by Gasteiger charge is -2.23. The molecule has 1 saturated heterocycles. The lowest BCUT2D eigenvalue weighted by Crippen LogP contribution is -2.40. The summed E-state index contributed by atoms with van der Waals surface area (Å²) in [5.41, 5.74) is -1.59. The lowest BCUT2D eigenvalue weighted by molar-refractivity contribution is -0.137. The Bertz CT molecular complexity index is 690. The first-order chi connectivity index (χ1) is 11.5. The summed E-state index contributed by atoms with van der Waals surface area (Å²) in [6.45, 7) is 6.14. The van der Waals surface area contributed by atoms with Crippen molar-refractivity contribution in [2.45, 2.75) is 45.0 Å². The molecule has 25 heavy (non-hydrogen) atoms. The molecular weight excluding hydrogens is 335 g/mol. The summed E-state index contributed by atoms with van der Waals surface area (Å²) in [4.78, 5) is 13.5. The molecule has 0 aromatic heterocycles. The number of rotatable bonds is 2. The smallest absolute Gasteiger partial charge is 0.417 e. The molecule has 1 atom stereocenters. The van der Waals surface area contributed by atoms with Crippen molar-refractivity contribution in [2.24, 2.45) is 0 Å². The van der Waals surface area contributed by atoms with E-state index >= 15 is 0 Å². The summed E-state index contributed by atoms with van der Waals surface area (Å²) in [5.74, 6) is 0. The number of nitrogens with one attached hydrogen (secondary N) is 1. The highest BCUT2D eigenvalue weighted by Gasteiger charge is 2.35. The van der Waals surface area contributed by atoms with Gasteiger partial charge >= 0.3 is 12.3 Å². The lowest BCUT2D eigenvalue weighted by atomic mass is 10.1. The highest BCUT2D eigenvalue weighted by Crippen LogP contribution is 2.35. The first kappa shape index (κ1) is 18.9. The quantitative estimate of drug-likeness (QED) is 0.879. The van der Waals surface area contributed by atoms with Crippen molar-refractivity contribution < 1.29 is 22.7 Å². The van der Waals surface area contributed by atoms with Gasteiger partial charge in [-0.25, -0.2) is 4.79 Å². The SMILES string of the molecule is CC(C)(C)OC(=O)N[C@H]1CCN(c2ccc(C#N)c(C(F)(F)F)c2)C1. The number of nitrogens with zero attached hydrogens (tertiary/aromatic N) is 2. The minimum Gasteiger partial charge on any atom is -0.444 e. The van der Waals surface area contributed by atoms with Crippen LogP contribution in [0.5, 0.6) is 0 Å². The minimum atomic E-state index is -4.59. The van der Waals surface area contributed by atoms with E-state index in [4.69, 9.17) is 10.00 Å². The maximum absolute atomic E-state index is 13.1. The van der Waals surface area contributed by atoms with E-state index in [0.29, 0.717) is 25.2 Å². The van der Waals surface area contributed by atoms with Crippen LogP contribution in [0.3, 0.4) is 0 Å². The second-order valence-corrected chi connectivity index (χ2v) is 6.92. The predicted molar refractivity (Wildman–Crippen MR) is 86.1 cm³/mol. The molecule has 1 heterocycles. The summed E-state index contributed by atoms with van der Waals surface area (Å²) in [5, 5.41) is 11.6. The normalized spacial score (nSPS) is 18.0. The molecule has 136 valence electrons. The summed E-state index contributed by atoms with van der Waals surface area (Å²) in [7, 11) is 0. The van der Waals surface area contributed by atoms with Crippen molar-refractivity contribution in [1.29, 1.82) is 5.26 Å². The predicted octanol–water partition coefficient (Wildman–Crippen LogP) is 3.68. The molecule has 1 fully saturated rings. The van der Waals surface area contributed by atoms with Gasteiger partial charge in [-0.05, 0) is 45.4 Å². The largest absolute Gasteiger partial charge is 0.444 e. The number of carbonyl (C=O) groups is 1. The van der Waals surface area contributed by atoms with Gasteiger partial charge in [-0.1, -0.05) is 0 Å². The van der Waals surface area contributed by atoms with E-state index < -0.39 is 29.0 Å². The van der Waals surface area contributed by atoms with Crippen LogP contribution in [0.25, 0.3) is 0 Å². The van der Waals surface area contributed by atoms with Gasteiger partial charge in [0.05, 0.1) is 23.2 Å². The summed E-state index contributed by atoms with van der Waals surface area (Å²) < 4.78 is 44.4. The zero-order chi connectivity index (χ0) is 18.8. The zero-order valence-corrected chi connectivity index (χ0v) is 14.3. The van der Waals surface area contributed by atoms with Crippen molar-refractivity contribution in [1.82, 2.24) is 5.32 Å². The molecule has 0 unspecified atom stereocenters. The van der Waals surface area contributed by atoms with Gasteiger partial charge in [-0.15, -0.1) is 0 Å². The van der Waals surface area contributed by atoms with Crippen LogP contribution in [-0.2, 0) is 10.9 Å². The molecule has 0 radical (unpaired) electrons. The van der Waals surface area contributed by atoms with Crippen LogP contribution in [0.15, 0.2) is 18.2 Å². The first-order valence-electron chi connectivity index (χ1n) is 7.85. The van der Waals surface area contributed by atoms with Crippen LogP contribution < -0.4 is 10.2 Å². The molecule has 1 aliphatic heterocycles. The molecule has 1 aromatic carbocycles. The molecular formula is C17H20F3N3O2. The van der Waals surface area contributed by atoms with Crippen molar-refractivity contribution in [3.05, 3.63) is 29.3 Å². The van der Waals surface area contributed by atoms with Crippen molar-refractivity contribution in [3.63, 3.8) is 0 Å². The second-order valence-electron chi connectivity index (χ2n) is 6.92. The number of amides is 1. The van der Waals surface area contributed by atoms with E-state index in [-0.39, 0.29) is 6.04 Å². The van der Waals surface area contributed by atoms with Crippen molar-refractivity contribution in [3.8, 4) is 6.07 Å². The average Bonchev–Trinajstić information content (AvgIpc) is 2.92. The summed E-state index contributed by atoms with van der Waals surface area (Å²) in [6, 6.07) is 5.00. The van der Waals surface area contributed by atoms with Crippen LogP contribution in [0.4, 0.5) is 23.7 Å². The highest BCUT2D eigenvalue weighted by atomic mass is 19.4. The van der Waals surface area contributed by atoms with Crippen LogP contribution in [0, 0.1) is 11.3 Å². The fraction of sp³-hybridized carbons (Fsp3) is 0.529. The molecule has 8 heteroatoms. The van der Waals surface area contributed by atoms with Gasteiger partial charge < -0.3 is 15.0 Å². The number of hydrogen-bond acceptors (Lipinski definition) is 4. The Morgan fingerprint density at radius 1 is 1.36 bits per heavy atom. The molecule has 0 saturated carbocycles. The number of alkyl halides is 3. The monoisotopic (exact) mass is 355 g/mol. The van der Waals surface area contributed by atoms with Crippen LogP contribution >= 0.6 is 0 Å². The number of halogens is 3. The van der Waals surface area contributed by atoms with E-state index in [0.717, 1.165) is 6.07 Å². The molecule has 0 spiro atoms. The topological polar surface area (TPSA) is 65.4 Å². The van der Waals surface area contributed by atoms with Crippen LogP contribution in [-0.4, -0.2) is 30.8 Å². The first-order valence-corrected chi connectivity index (χ1v) is 7.85.